The minimum absolute atomic E-state index is 0.0219. The van der Waals surface area contributed by atoms with Crippen LogP contribution in [0.3, 0.4) is 0 Å². The van der Waals surface area contributed by atoms with E-state index >= 15 is 0 Å². The van der Waals surface area contributed by atoms with Gasteiger partial charge < -0.3 is 15.4 Å². The Hall–Kier alpha value is -2.97. The number of hydrogen-bond acceptors (Lipinski definition) is 6. The smallest absolute Gasteiger partial charge is 0.351 e. The van der Waals surface area contributed by atoms with Gasteiger partial charge in [0.25, 0.3) is 0 Å². The Morgan fingerprint density at radius 2 is 1.79 bits per heavy atom. The zero-order valence-corrected chi connectivity index (χ0v) is 23.2. The van der Waals surface area contributed by atoms with Crippen molar-refractivity contribution in [3.63, 3.8) is 0 Å². The number of hydrogen-bond donors (Lipinski definition) is 2. The Balaban J connectivity index is 1.35. The lowest BCUT2D eigenvalue weighted by molar-refractivity contribution is 0.0480. The van der Waals surface area contributed by atoms with Gasteiger partial charge in [-0.15, -0.1) is 0 Å². The van der Waals surface area contributed by atoms with Gasteiger partial charge in [0.05, 0.1) is 29.3 Å². The standard InChI is InChI=1S/C31H42N6O2/c1-22-7-9-27-28(19-22)36(29-10-8-25(21-34-29)33-20-23-11-15-32-16-12-23)31(38)37(26-13-17-39-18-14-26)35-30(27)24-5-3-2-4-6-24/h7-10,19,21,23-24,26,32-33H,2-6,11-18,20H2,1H3. The molecule has 4 aliphatic rings. The van der Waals surface area contributed by atoms with Crippen molar-refractivity contribution in [2.45, 2.75) is 70.8 Å². The molecule has 4 heterocycles. The number of amides is 2. The van der Waals surface area contributed by atoms with Gasteiger partial charge in [-0.3, -0.25) is 0 Å². The van der Waals surface area contributed by atoms with Crippen LogP contribution in [0.4, 0.5) is 22.0 Å². The SMILES string of the molecule is Cc1ccc2c(c1)N(c1ccc(NCC3CCNCC3)cn1)C(=O)N(C1CCOCC1)N=C2C1CCCCC1. The fraction of sp³-hybridized carbons (Fsp3) is 0.581. The molecule has 2 N–H and O–H groups in total. The highest BCUT2D eigenvalue weighted by Gasteiger charge is 2.38. The van der Waals surface area contributed by atoms with Gasteiger partial charge in [-0.1, -0.05) is 31.4 Å². The van der Waals surface area contributed by atoms with Crippen LogP contribution in [0, 0.1) is 18.8 Å². The summed E-state index contributed by atoms with van der Waals surface area (Å²) in [5.41, 5.74) is 5.12. The second-order valence-corrected chi connectivity index (χ2v) is 11.6. The third kappa shape index (κ3) is 5.82. The van der Waals surface area contributed by atoms with Crippen LogP contribution in [0.5, 0.6) is 0 Å². The molecule has 2 aromatic rings. The van der Waals surface area contributed by atoms with Gasteiger partial charge in [-0.2, -0.15) is 5.10 Å². The molecule has 0 radical (unpaired) electrons. The molecular weight excluding hydrogens is 488 g/mol. The number of aryl methyl sites for hydroxylation is 1. The summed E-state index contributed by atoms with van der Waals surface area (Å²) in [6, 6.07) is 10.4. The summed E-state index contributed by atoms with van der Waals surface area (Å²) in [4.78, 5) is 21.0. The van der Waals surface area contributed by atoms with Crippen molar-refractivity contribution in [2.75, 3.05) is 43.1 Å². The second kappa shape index (κ2) is 12.0. The summed E-state index contributed by atoms with van der Waals surface area (Å²) in [5, 5.41) is 14.0. The largest absolute Gasteiger partial charge is 0.384 e. The van der Waals surface area contributed by atoms with E-state index in [1.165, 1.54) is 32.1 Å². The molecule has 1 saturated carbocycles. The van der Waals surface area contributed by atoms with Gasteiger partial charge in [0, 0.05) is 31.2 Å². The van der Waals surface area contributed by atoms with Gasteiger partial charge in [-0.05, 0) is 88.2 Å². The summed E-state index contributed by atoms with van der Waals surface area (Å²) in [6.07, 6.45) is 11.8. The number of fused-ring (bicyclic) bond motifs is 1. The van der Waals surface area contributed by atoms with E-state index in [1.54, 1.807) is 9.91 Å². The molecule has 208 valence electrons. The maximum atomic E-state index is 14.4. The first kappa shape index (κ1) is 26.3. The molecule has 0 spiro atoms. The highest BCUT2D eigenvalue weighted by Crippen LogP contribution is 2.38. The zero-order chi connectivity index (χ0) is 26.6. The number of carbonyl (C=O) groups excluding carboxylic acids is 1. The van der Waals surface area contributed by atoms with Gasteiger partial charge in [0.1, 0.15) is 5.82 Å². The van der Waals surface area contributed by atoms with Crippen LogP contribution in [0.2, 0.25) is 0 Å². The monoisotopic (exact) mass is 530 g/mol. The van der Waals surface area contributed by atoms with Crippen molar-refractivity contribution in [1.29, 1.82) is 0 Å². The third-order valence-corrected chi connectivity index (χ3v) is 8.83. The lowest BCUT2D eigenvalue weighted by Crippen LogP contribution is -2.45. The minimum atomic E-state index is -0.123. The molecule has 39 heavy (non-hydrogen) atoms. The number of pyridine rings is 1. The predicted octanol–water partition coefficient (Wildman–Crippen LogP) is 5.84. The average molecular weight is 531 g/mol. The number of benzene rings is 1. The van der Waals surface area contributed by atoms with Gasteiger partial charge in [0.2, 0.25) is 0 Å². The lowest BCUT2D eigenvalue weighted by Gasteiger charge is -2.33. The maximum Gasteiger partial charge on any atom is 0.351 e. The van der Waals surface area contributed by atoms with Crippen LogP contribution in [0.15, 0.2) is 41.6 Å². The number of hydrazone groups is 1. The molecule has 3 fully saturated rings. The quantitative estimate of drug-likeness (QED) is 0.490. The second-order valence-electron chi connectivity index (χ2n) is 11.6. The predicted molar refractivity (Wildman–Crippen MR) is 156 cm³/mol. The highest BCUT2D eigenvalue weighted by molar-refractivity contribution is 6.13. The van der Waals surface area contributed by atoms with E-state index in [9.17, 15) is 4.79 Å². The summed E-state index contributed by atoms with van der Waals surface area (Å²) in [7, 11) is 0. The average Bonchev–Trinajstić information content (AvgIpc) is 3.11. The van der Waals surface area contributed by atoms with E-state index in [-0.39, 0.29) is 12.1 Å². The molecule has 8 heteroatoms. The number of rotatable bonds is 6. The fourth-order valence-corrected chi connectivity index (χ4v) is 6.50. The molecule has 6 rings (SSSR count). The van der Waals surface area contributed by atoms with Crippen molar-refractivity contribution in [2.24, 2.45) is 16.9 Å². The fourth-order valence-electron chi connectivity index (χ4n) is 6.50. The van der Waals surface area contributed by atoms with Crippen LogP contribution < -0.4 is 15.5 Å². The van der Waals surface area contributed by atoms with Crippen LogP contribution in [0.1, 0.15) is 68.9 Å². The summed E-state index contributed by atoms with van der Waals surface area (Å²) < 4.78 is 5.65. The van der Waals surface area contributed by atoms with E-state index < -0.39 is 0 Å². The molecule has 0 bridgehead atoms. The Morgan fingerprint density at radius 3 is 2.54 bits per heavy atom. The molecule has 0 atom stereocenters. The van der Waals surface area contributed by atoms with E-state index in [2.05, 4.69) is 41.8 Å². The number of aromatic nitrogens is 1. The first-order valence-corrected chi connectivity index (χ1v) is 15.0. The summed E-state index contributed by atoms with van der Waals surface area (Å²) in [5.74, 6) is 1.68. The van der Waals surface area contributed by atoms with Crippen molar-refractivity contribution in [3.05, 3.63) is 47.7 Å². The number of nitrogens with zero attached hydrogens (tertiary/aromatic N) is 4. The topological polar surface area (TPSA) is 82.1 Å². The zero-order valence-electron chi connectivity index (χ0n) is 23.2. The maximum absolute atomic E-state index is 14.4. The first-order valence-electron chi connectivity index (χ1n) is 15.0. The van der Waals surface area contributed by atoms with E-state index in [4.69, 9.17) is 14.8 Å². The van der Waals surface area contributed by atoms with Gasteiger partial charge >= 0.3 is 6.03 Å². The lowest BCUT2D eigenvalue weighted by atomic mass is 9.82. The molecule has 1 aromatic carbocycles. The van der Waals surface area contributed by atoms with Crippen molar-refractivity contribution < 1.29 is 9.53 Å². The molecule has 2 amide bonds. The van der Waals surface area contributed by atoms with E-state index in [1.807, 2.05) is 12.3 Å². The van der Waals surface area contributed by atoms with E-state index in [0.717, 1.165) is 73.5 Å². The van der Waals surface area contributed by atoms with Crippen molar-refractivity contribution in [1.82, 2.24) is 15.3 Å². The van der Waals surface area contributed by atoms with Crippen LogP contribution >= 0.6 is 0 Å². The number of urea groups is 1. The summed E-state index contributed by atoms with van der Waals surface area (Å²) >= 11 is 0. The molecular formula is C31H42N6O2. The Labute approximate surface area is 232 Å². The van der Waals surface area contributed by atoms with Crippen LogP contribution in [-0.4, -0.2) is 60.6 Å². The van der Waals surface area contributed by atoms with Gasteiger partial charge in [-0.25, -0.2) is 19.7 Å². The first-order chi connectivity index (χ1) is 19.2. The molecule has 2 saturated heterocycles. The summed E-state index contributed by atoms with van der Waals surface area (Å²) in [6.45, 7) is 6.53. The van der Waals surface area contributed by atoms with Gasteiger partial charge in [0.15, 0.2) is 0 Å². The number of nitrogens with one attached hydrogen (secondary N) is 2. The van der Waals surface area contributed by atoms with Crippen LogP contribution in [0.25, 0.3) is 0 Å². The number of anilines is 3. The number of carbonyl (C=O) groups is 1. The number of piperidine rings is 1. The minimum Gasteiger partial charge on any atom is -0.384 e. The molecule has 1 aliphatic carbocycles. The number of ether oxygens (including phenoxy) is 1. The Morgan fingerprint density at radius 1 is 1.00 bits per heavy atom. The van der Waals surface area contributed by atoms with E-state index in [0.29, 0.717) is 30.9 Å². The Bertz CT molecular complexity index is 1160. The normalized spacial score (nSPS) is 21.9. The van der Waals surface area contributed by atoms with Crippen molar-refractivity contribution in [3.8, 4) is 0 Å². The highest BCUT2D eigenvalue weighted by atomic mass is 16.5. The molecule has 8 nitrogen and oxygen atoms in total. The molecule has 0 unspecified atom stereocenters. The van der Waals surface area contributed by atoms with Crippen molar-refractivity contribution >= 4 is 28.9 Å². The molecule has 3 aliphatic heterocycles. The van der Waals surface area contributed by atoms with Crippen LogP contribution in [-0.2, 0) is 4.74 Å². The Kier molecular flexibility index (Phi) is 8.11. The molecule has 1 aromatic heterocycles. The third-order valence-electron chi connectivity index (χ3n) is 8.83.